The highest BCUT2D eigenvalue weighted by Crippen LogP contribution is 2.27. The SMILES string of the molecule is CCc1ccc(N2CC(C(=O)N(C)Cc3ccc(OC)cc3)CC2=O)cc1. The van der Waals surface area contributed by atoms with Gasteiger partial charge >= 0.3 is 0 Å². The summed E-state index contributed by atoms with van der Waals surface area (Å²) in [5.74, 6) is 0.507. The van der Waals surface area contributed by atoms with Crippen LogP contribution in [0.15, 0.2) is 48.5 Å². The molecule has 1 saturated heterocycles. The Morgan fingerprint density at radius 3 is 2.33 bits per heavy atom. The molecule has 2 amide bonds. The first-order chi connectivity index (χ1) is 13.0. The number of aryl methyl sites for hydroxylation is 1. The molecule has 3 rings (SSSR count). The fourth-order valence-electron chi connectivity index (χ4n) is 3.43. The molecule has 0 radical (unpaired) electrons. The molecular formula is C22H26N2O3. The highest BCUT2D eigenvalue weighted by atomic mass is 16.5. The molecule has 142 valence electrons. The number of carbonyl (C=O) groups excluding carboxylic acids is 2. The van der Waals surface area contributed by atoms with Crippen molar-refractivity contribution in [2.24, 2.45) is 5.92 Å². The van der Waals surface area contributed by atoms with Crippen LogP contribution in [-0.2, 0) is 22.6 Å². The number of hydrogen-bond donors (Lipinski definition) is 0. The maximum Gasteiger partial charge on any atom is 0.228 e. The van der Waals surface area contributed by atoms with Crippen molar-refractivity contribution < 1.29 is 14.3 Å². The molecule has 27 heavy (non-hydrogen) atoms. The molecule has 1 aliphatic heterocycles. The largest absolute Gasteiger partial charge is 0.497 e. The van der Waals surface area contributed by atoms with E-state index in [1.807, 2.05) is 48.5 Å². The van der Waals surface area contributed by atoms with Crippen molar-refractivity contribution in [2.45, 2.75) is 26.3 Å². The maximum absolute atomic E-state index is 12.8. The van der Waals surface area contributed by atoms with Gasteiger partial charge in [-0.1, -0.05) is 31.2 Å². The molecule has 0 bridgehead atoms. The van der Waals surface area contributed by atoms with Crippen LogP contribution < -0.4 is 9.64 Å². The molecule has 1 heterocycles. The Balaban J connectivity index is 1.63. The molecule has 1 fully saturated rings. The third kappa shape index (κ3) is 4.30. The van der Waals surface area contributed by atoms with E-state index < -0.39 is 0 Å². The van der Waals surface area contributed by atoms with Gasteiger partial charge < -0.3 is 14.5 Å². The zero-order valence-electron chi connectivity index (χ0n) is 16.1. The molecule has 0 aromatic heterocycles. The van der Waals surface area contributed by atoms with Gasteiger partial charge in [-0.3, -0.25) is 9.59 Å². The highest BCUT2D eigenvalue weighted by molar-refractivity contribution is 6.00. The Kier molecular flexibility index (Phi) is 5.79. The van der Waals surface area contributed by atoms with Gasteiger partial charge in [0.2, 0.25) is 11.8 Å². The van der Waals surface area contributed by atoms with Crippen LogP contribution >= 0.6 is 0 Å². The minimum absolute atomic E-state index is 0.00634. The first-order valence-electron chi connectivity index (χ1n) is 9.29. The lowest BCUT2D eigenvalue weighted by Gasteiger charge is -2.22. The first-order valence-corrected chi connectivity index (χ1v) is 9.29. The Morgan fingerprint density at radius 2 is 1.74 bits per heavy atom. The molecular weight excluding hydrogens is 340 g/mol. The highest BCUT2D eigenvalue weighted by Gasteiger charge is 2.36. The number of ether oxygens (including phenoxy) is 1. The van der Waals surface area contributed by atoms with Gasteiger partial charge in [-0.25, -0.2) is 0 Å². The normalized spacial score (nSPS) is 16.5. The lowest BCUT2D eigenvalue weighted by Crippen LogP contribution is -2.34. The molecule has 2 aromatic rings. The molecule has 1 unspecified atom stereocenters. The molecule has 0 aliphatic carbocycles. The van der Waals surface area contributed by atoms with Gasteiger partial charge in [0.15, 0.2) is 0 Å². The standard InChI is InChI=1S/C22H26N2O3/c1-4-16-5-9-19(10-6-16)24-15-18(13-21(24)25)22(26)23(2)14-17-7-11-20(27-3)12-8-17/h5-12,18H,4,13-15H2,1-3H3. The second-order valence-corrected chi connectivity index (χ2v) is 6.97. The number of rotatable bonds is 6. The summed E-state index contributed by atoms with van der Waals surface area (Å²) in [4.78, 5) is 28.7. The fourth-order valence-corrected chi connectivity index (χ4v) is 3.43. The molecule has 0 N–H and O–H groups in total. The van der Waals surface area contributed by atoms with Crippen molar-refractivity contribution in [3.8, 4) is 5.75 Å². The number of hydrogen-bond acceptors (Lipinski definition) is 3. The van der Waals surface area contributed by atoms with E-state index in [0.717, 1.165) is 23.4 Å². The van der Waals surface area contributed by atoms with Crippen LogP contribution in [0.5, 0.6) is 5.75 Å². The van der Waals surface area contributed by atoms with Gasteiger partial charge in [-0.2, -0.15) is 0 Å². The number of methoxy groups -OCH3 is 1. The molecule has 0 saturated carbocycles. The van der Waals surface area contributed by atoms with Crippen molar-refractivity contribution in [3.63, 3.8) is 0 Å². The van der Waals surface area contributed by atoms with E-state index in [1.165, 1.54) is 5.56 Å². The zero-order valence-corrected chi connectivity index (χ0v) is 16.1. The third-order valence-corrected chi connectivity index (χ3v) is 5.09. The van der Waals surface area contributed by atoms with Crippen LogP contribution in [-0.4, -0.2) is 37.4 Å². The molecule has 0 spiro atoms. The summed E-state index contributed by atoms with van der Waals surface area (Å²) < 4.78 is 5.16. The zero-order chi connectivity index (χ0) is 19.4. The lowest BCUT2D eigenvalue weighted by molar-refractivity contribution is -0.135. The minimum Gasteiger partial charge on any atom is -0.497 e. The predicted molar refractivity (Wildman–Crippen MR) is 106 cm³/mol. The van der Waals surface area contributed by atoms with E-state index >= 15 is 0 Å². The number of nitrogens with zero attached hydrogens (tertiary/aromatic N) is 2. The van der Waals surface area contributed by atoms with Gasteiger partial charge in [0.25, 0.3) is 0 Å². The average molecular weight is 366 g/mol. The summed E-state index contributed by atoms with van der Waals surface area (Å²) >= 11 is 0. The van der Waals surface area contributed by atoms with Gasteiger partial charge in [0.05, 0.1) is 13.0 Å². The van der Waals surface area contributed by atoms with Crippen LogP contribution in [0.2, 0.25) is 0 Å². The Bertz CT molecular complexity index is 799. The number of carbonyl (C=O) groups is 2. The Hall–Kier alpha value is -2.82. The molecule has 1 aliphatic rings. The monoisotopic (exact) mass is 366 g/mol. The van der Waals surface area contributed by atoms with E-state index in [-0.39, 0.29) is 24.2 Å². The topological polar surface area (TPSA) is 49.9 Å². The average Bonchev–Trinajstić information content (AvgIpc) is 3.09. The third-order valence-electron chi connectivity index (χ3n) is 5.09. The van der Waals surface area contributed by atoms with Crippen LogP contribution in [0.4, 0.5) is 5.69 Å². The van der Waals surface area contributed by atoms with Gasteiger partial charge in [0.1, 0.15) is 5.75 Å². The van der Waals surface area contributed by atoms with Gasteiger partial charge in [-0.15, -0.1) is 0 Å². The molecule has 2 aromatic carbocycles. The number of amides is 2. The molecule has 1 atom stereocenters. The lowest BCUT2D eigenvalue weighted by atomic mass is 10.1. The summed E-state index contributed by atoms with van der Waals surface area (Å²) in [6.45, 7) is 3.05. The summed E-state index contributed by atoms with van der Waals surface area (Å²) in [6.07, 6.45) is 1.23. The quantitative estimate of drug-likeness (QED) is 0.788. The van der Waals surface area contributed by atoms with E-state index in [4.69, 9.17) is 4.74 Å². The number of anilines is 1. The Labute approximate surface area is 160 Å². The summed E-state index contributed by atoms with van der Waals surface area (Å²) in [7, 11) is 3.42. The summed E-state index contributed by atoms with van der Waals surface area (Å²) in [5.41, 5.74) is 3.13. The maximum atomic E-state index is 12.8. The summed E-state index contributed by atoms with van der Waals surface area (Å²) in [6, 6.07) is 15.7. The summed E-state index contributed by atoms with van der Waals surface area (Å²) in [5, 5.41) is 0. The first kappa shape index (κ1) is 19.0. The van der Waals surface area contributed by atoms with Crippen molar-refractivity contribution in [2.75, 3.05) is 25.6 Å². The van der Waals surface area contributed by atoms with Gasteiger partial charge in [0, 0.05) is 32.2 Å². The molecule has 5 heteroatoms. The van der Waals surface area contributed by atoms with E-state index in [0.29, 0.717) is 13.1 Å². The van der Waals surface area contributed by atoms with Crippen molar-refractivity contribution in [3.05, 3.63) is 59.7 Å². The van der Waals surface area contributed by atoms with Crippen molar-refractivity contribution >= 4 is 17.5 Å². The van der Waals surface area contributed by atoms with E-state index in [1.54, 1.807) is 24.0 Å². The van der Waals surface area contributed by atoms with Crippen LogP contribution in [0, 0.1) is 5.92 Å². The minimum atomic E-state index is -0.299. The van der Waals surface area contributed by atoms with Crippen molar-refractivity contribution in [1.82, 2.24) is 4.90 Å². The second kappa shape index (κ2) is 8.25. The second-order valence-electron chi connectivity index (χ2n) is 6.97. The van der Waals surface area contributed by atoms with Gasteiger partial charge in [-0.05, 0) is 41.8 Å². The Morgan fingerprint density at radius 1 is 1.11 bits per heavy atom. The van der Waals surface area contributed by atoms with Crippen LogP contribution in [0.3, 0.4) is 0 Å². The van der Waals surface area contributed by atoms with Crippen LogP contribution in [0.1, 0.15) is 24.5 Å². The van der Waals surface area contributed by atoms with E-state index in [2.05, 4.69) is 6.92 Å². The predicted octanol–water partition coefficient (Wildman–Crippen LogP) is 3.27. The van der Waals surface area contributed by atoms with E-state index in [9.17, 15) is 9.59 Å². The smallest absolute Gasteiger partial charge is 0.228 e. The van der Waals surface area contributed by atoms with Crippen molar-refractivity contribution in [1.29, 1.82) is 0 Å². The van der Waals surface area contributed by atoms with Crippen LogP contribution in [0.25, 0.3) is 0 Å². The number of benzene rings is 2. The molecule has 5 nitrogen and oxygen atoms in total. The fraction of sp³-hybridized carbons (Fsp3) is 0.364.